The summed E-state index contributed by atoms with van der Waals surface area (Å²) < 4.78 is 5.70. The molecular formula is C31H41ClN4O6. The largest absolute Gasteiger partial charge is 0.488 e. The first-order valence-corrected chi connectivity index (χ1v) is 15.3. The van der Waals surface area contributed by atoms with E-state index in [1.807, 2.05) is 13.8 Å². The highest BCUT2D eigenvalue weighted by Gasteiger charge is 2.34. The Morgan fingerprint density at radius 3 is 2.48 bits per heavy atom. The van der Waals surface area contributed by atoms with E-state index in [-0.39, 0.29) is 36.7 Å². The number of benzene rings is 1. The van der Waals surface area contributed by atoms with Gasteiger partial charge in [-0.3, -0.25) is 19.2 Å². The van der Waals surface area contributed by atoms with Crippen molar-refractivity contribution in [3.8, 4) is 5.75 Å². The summed E-state index contributed by atoms with van der Waals surface area (Å²) in [5, 5.41) is 11.7. The van der Waals surface area contributed by atoms with Gasteiger partial charge in [0.25, 0.3) is 5.91 Å². The molecule has 0 spiro atoms. The van der Waals surface area contributed by atoms with Gasteiger partial charge in [-0.05, 0) is 55.4 Å². The molecule has 4 rings (SSSR count). The lowest BCUT2D eigenvalue weighted by Gasteiger charge is -2.30. The SMILES string of the molecule is CC(C)[C@H](NC(=O)C1=Cc2cc(Cl)ccc2OC1)C(=O)N[C@@H](CC1CCCCC1)C(=O)N[C@H](C=O)C[C@@H]1CCNC1=O. The Labute approximate surface area is 251 Å². The Morgan fingerprint density at radius 1 is 1.05 bits per heavy atom. The van der Waals surface area contributed by atoms with E-state index in [1.165, 1.54) is 0 Å². The highest BCUT2D eigenvalue weighted by atomic mass is 35.5. The lowest BCUT2D eigenvalue weighted by molar-refractivity contribution is -0.133. The monoisotopic (exact) mass is 600 g/mol. The van der Waals surface area contributed by atoms with Crippen molar-refractivity contribution in [2.45, 2.75) is 83.3 Å². The van der Waals surface area contributed by atoms with Crippen LogP contribution in [0, 0.1) is 17.8 Å². The number of carbonyl (C=O) groups excluding carboxylic acids is 5. The standard InChI is InChI=1S/C31H41ClN4O6/c1-18(2)27(36-29(39)22-13-21-14-23(32)8-9-26(21)42-17-22)31(41)35-25(12-19-6-4-3-5-7-19)30(40)34-24(16-37)15-20-10-11-33-28(20)38/h8-9,13-14,16,18-20,24-25,27H,3-7,10-12,15,17H2,1-2H3,(H,33,38)(H,34,40)(H,35,41)(H,36,39)/t20-,24-,25-,27-/m0/s1. The quantitative estimate of drug-likeness (QED) is 0.272. The lowest BCUT2D eigenvalue weighted by atomic mass is 9.84. The number of carbonyl (C=O) groups is 5. The molecular weight excluding hydrogens is 560 g/mol. The minimum atomic E-state index is -0.912. The van der Waals surface area contributed by atoms with Gasteiger partial charge in [0, 0.05) is 23.0 Å². The van der Waals surface area contributed by atoms with Crippen molar-refractivity contribution in [3.05, 3.63) is 34.4 Å². The predicted molar refractivity (Wildman–Crippen MR) is 159 cm³/mol. The van der Waals surface area contributed by atoms with Crippen LogP contribution >= 0.6 is 11.6 Å². The molecule has 0 radical (unpaired) electrons. The average Bonchev–Trinajstić information content (AvgIpc) is 3.38. The Balaban J connectivity index is 1.45. The van der Waals surface area contributed by atoms with Gasteiger partial charge < -0.3 is 30.8 Å². The third-order valence-electron chi connectivity index (χ3n) is 8.33. The van der Waals surface area contributed by atoms with Crippen molar-refractivity contribution in [3.63, 3.8) is 0 Å². The average molecular weight is 601 g/mol. The van der Waals surface area contributed by atoms with E-state index in [4.69, 9.17) is 16.3 Å². The molecule has 4 atom stereocenters. The summed E-state index contributed by atoms with van der Waals surface area (Å²) in [5.41, 5.74) is 1.03. The molecule has 3 aliphatic rings. The van der Waals surface area contributed by atoms with Gasteiger partial charge in [-0.1, -0.05) is 57.6 Å². The summed E-state index contributed by atoms with van der Waals surface area (Å²) in [5.74, 6) is -1.25. The molecule has 2 aliphatic heterocycles. The number of aldehydes is 1. The smallest absolute Gasteiger partial charge is 0.251 e. The van der Waals surface area contributed by atoms with Gasteiger partial charge >= 0.3 is 0 Å². The third-order valence-corrected chi connectivity index (χ3v) is 8.57. The highest BCUT2D eigenvalue weighted by molar-refractivity contribution is 6.30. The van der Waals surface area contributed by atoms with Crippen LogP contribution in [0.25, 0.3) is 6.08 Å². The molecule has 2 fully saturated rings. The third kappa shape index (κ3) is 8.33. The molecule has 228 valence electrons. The molecule has 11 heteroatoms. The second-order valence-electron chi connectivity index (χ2n) is 11.9. The minimum Gasteiger partial charge on any atom is -0.488 e. The fraction of sp³-hybridized carbons (Fsp3) is 0.581. The first-order valence-electron chi connectivity index (χ1n) is 14.9. The van der Waals surface area contributed by atoms with Crippen LogP contribution in [0.5, 0.6) is 5.75 Å². The minimum absolute atomic E-state index is 0.0473. The van der Waals surface area contributed by atoms with Gasteiger partial charge in [-0.15, -0.1) is 0 Å². The number of ether oxygens (including phenoxy) is 1. The maximum atomic E-state index is 13.6. The maximum Gasteiger partial charge on any atom is 0.251 e. The molecule has 1 aliphatic carbocycles. The van der Waals surface area contributed by atoms with Crippen LogP contribution < -0.4 is 26.0 Å². The number of fused-ring (bicyclic) bond motifs is 1. The molecule has 0 bridgehead atoms. The van der Waals surface area contributed by atoms with Crippen LogP contribution in [0.3, 0.4) is 0 Å². The Hall–Kier alpha value is -3.40. The maximum absolute atomic E-state index is 13.6. The van der Waals surface area contributed by atoms with Crippen molar-refractivity contribution in [2.24, 2.45) is 17.8 Å². The topological polar surface area (TPSA) is 143 Å². The van der Waals surface area contributed by atoms with E-state index in [2.05, 4.69) is 21.3 Å². The number of hydrogen-bond donors (Lipinski definition) is 4. The number of nitrogens with one attached hydrogen (secondary N) is 4. The number of hydrogen-bond acceptors (Lipinski definition) is 6. The zero-order valence-corrected chi connectivity index (χ0v) is 25.0. The van der Waals surface area contributed by atoms with Gasteiger partial charge in [0.2, 0.25) is 17.7 Å². The predicted octanol–water partition coefficient (Wildman–Crippen LogP) is 2.92. The summed E-state index contributed by atoms with van der Waals surface area (Å²) >= 11 is 6.10. The molecule has 10 nitrogen and oxygen atoms in total. The van der Waals surface area contributed by atoms with Crippen LogP contribution in [-0.2, 0) is 24.0 Å². The van der Waals surface area contributed by atoms with Crippen molar-refractivity contribution in [2.75, 3.05) is 13.2 Å². The van der Waals surface area contributed by atoms with Crippen LogP contribution in [0.15, 0.2) is 23.8 Å². The molecule has 2 heterocycles. The molecule has 0 aromatic heterocycles. The van der Waals surface area contributed by atoms with Gasteiger partial charge in [0.15, 0.2) is 0 Å². The van der Waals surface area contributed by atoms with E-state index in [0.717, 1.165) is 32.1 Å². The van der Waals surface area contributed by atoms with Crippen LogP contribution in [0.4, 0.5) is 0 Å². The summed E-state index contributed by atoms with van der Waals surface area (Å²) in [6.07, 6.45) is 8.79. The van der Waals surface area contributed by atoms with Gasteiger partial charge in [-0.25, -0.2) is 0 Å². The zero-order chi connectivity index (χ0) is 30.2. The molecule has 1 aromatic carbocycles. The summed E-state index contributed by atoms with van der Waals surface area (Å²) in [6.45, 7) is 4.23. The molecule has 42 heavy (non-hydrogen) atoms. The van der Waals surface area contributed by atoms with Gasteiger partial charge in [0.1, 0.15) is 30.7 Å². The molecule has 1 aromatic rings. The van der Waals surface area contributed by atoms with Crippen LogP contribution in [0.2, 0.25) is 5.02 Å². The Kier molecular flexibility index (Phi) is 11.0. The van der Waals surface area contributed by atoms with E-state index >= 15 is 0 Å². The fourth-order valence-corrected chi connectivity index (χ4v) is 6.09. The van der Waals surface area contributed by atoms with Crippen molar-refractivity contribution in [1.82, 2.24) is 21.3 Å². The zero-order valence-electron chi connectivity index (χ0n) is 24.2. The second-order valence-corrected chi connectivity index (χ2v) is 12.3. The molecule has 1 saturated heterocycles. The summed E-state index contributed by atoms with van der Waals surface area (Å²) in [4.78, 5) is 64.1. The van der Waals surface area contributed by atoms with Crippen molar-refractivity contribution >= 4 is 47.6 Å². The van der Waals surface area contributed by atoms with E-state index in [0.29, 0.717) is 47.6 Å². The van der Waals surface area contributed by atoms with Gasteiger partial charge in [-0.2, -0.15) is 0 Å². The van der Waals surface area contributed by atoms with Gasteiger partial charge in [0.05, 0.1) is 11.6 Å². The van der Waals surface area contributed by atoms with Crippen LogP contribution in [-0.4, -0.2) is 61.2 Å². The first kappa shape index (κ1) is 31.5. The molecule has 0 unspecified atom stereocenters. The first-order chi connectivity index (χ1) is 20.1. The van der Waals surface area contributed by atoms with Crippen molar-refractivity contribution in [1.29, 1.82) is 0 Å². The number of halogens is 1. The summed E-state index contributed by atoms with van der Waals surface area (Å²) in [7, 11) is 0. The molecule has 1 saturated carbocycles. The highest BCUT2D eigenvalue weighted by Crippen LogP contribution is 2.30. The normalized spacial score (nSPS) is 20.7. The second kappa shape index (κ2) is 14.7. The van der Waals surface area contributed by atoms with E-state index in [1.54, 1.807) is 24.3 Å². The lowest BCUT2D eigenvalue weighted by Crippen LogP contribution is -2.57. The summed E-state index contributed by atoms with van der Waals surface area (Å²) in [6, 6.07) is 2.52. The van der Waals surface area contributed by atoms with E-state index < -0.39 is 35.8 Å². The van der Waals surface area contributed by atoms with Crippen LogP contribution in [0.1, 0.15) is 70.8 Å². The number of amides is 4. The molecule has 4 amide bonds. The molecule has 4 N–H and O–H groups in total. The number of rotatable bonds is 12. The van der Waals surface area contributed by atoms with E-state index in [9.17, 15) is 24.0 Å². The Bertz CT molecular complexity index is 1210. The fourth-order valence-electron chi connectivity index (χ4n) is 5.91. The Morgan fingerprint density at radius 2 is 1.81 bits per heavy atom. The van der Waals surface area contributed by atoms with Crippen molar-refractivity contribution < 1.29 is 28.7 Å².